The van der Waals surface area contributed by atoms with Crippen molar-refractivity contribution in [2.75, 3.05) is 0 Å². The van der Waals surface area contributed by atoms with Crippen molar-refractivity contribution in [1.82, 2.24) is 0 Å². The number of aliphatic hydroxyl groups excluding tert-OH is 1. The van der Waals surface area contributed by atoms with E-state index in [9.17, 15) is 15.0 Å². The molecule has 0 saturated heterocycles. The quantitative estimate of drug-likeness (QED) is 0.489. The Hall–Kier alpha value is -0.570. The number of rotatable bonds is 13. The predicted molar refractivity (Wildman–Crippen MR) is 79.3 cm³/mol. The van der Waals surface area contributed by atoms with Gasteiger partial charge in [-0.15, -0.1) is 0 Å². The van der Waals surface area contributed by atoms with Crippen molar-refractivity contribution in [3.8, 4) is 0 Å². The van der Waals surface area contributed by atoms with Crippen molar-refractivity contribution in [1.29, 1.82) is 0 Å². The topological polar surface area (TPSA) is 57.5 Å². The molecule has 0 heterocycles. The summed E-state index contributed by atoms with van der Waals surface area (Å²) in [7, 11) is 0. The minimum absolute atomic E-state index is 0.567. The molecule has 2 N–H and O–H groups in total. The molecule has 0 amide bonds. The van der Waals surface area contributed by atoms with Gasteiger partial charge in [0.15, 0.2) is 0 Å². The number of carbonyl (C=O) groups is 1. The molecule has 2 unspecified atom stereocenters. The van der Waals surface area contributed by atoms with Crippen LogP contribution in [0.4, 0.5) is 0 Å². The largest absolute Gasteiger partial charge is 0.481 e. The van der Waals surface area contributed by atoms with Gasteiger partial charge < -0.3 is 10.2 Å². The molecule has 0 aromatic rings. The predicted octanol–water partition coefficient (Wildman–Crippen LogP) is 4.38. The molecule has 0 bridgehead atoms. The summed E-state index contributed by atoms with van der Waals surface area (Å²) in [6.45, 7) is 4.31. The average molecular weight is 272 g/mol. The molecule has 2 atom stereocenters. The van der Waals surface area contributed by atoms with Gasteiger partial charge in [0.05, 0.1) is 12.0 Å². The van der Waals surface area contributed by atoms with Crippen molar-refractivity contribution in [3.05, 3.63) is 0 Å². The van der Waals surface area contributed by atoms with Crippen LogP contribution in [-0.4, -0.2) is 22.3 Å². The first-order valence-electron chi connectivity index (χ1n) is 8.04. The number of hydrogen-bond donors (Lipinski definition) is 2. The van der Waals surface area contributed by atoms with Gasteiger partial charge in [0, 0.05) is 0 Å². The Morgan fingerprint density at radius 2 is 1.32 bits per heavy atom. The van der Waals surface area contributed by atoms with Crippen molar-refractivity contribution in [3.63, 3.8) is 0 Å². The molecule has 3 nitrogen and oxygen atoms in total. The van der Waals surface area contributed by atoms with Crippen LogP contribution in [-0.2, 0) is 4.79 Å². The number of carboxylic acids is 1. The van der Waals surface area contributed by atoms with Crippen molar-refractivity contribution >= 4 is 5.97 Å². The Labute approximate surface area is 118 Å². The molecule has 0 aliphatic rings. The second kappa shape index (κ2) is 12.5. The maximum Gasteiger partial charge on any atom is 0.309 e. The van der Waals surface area contributed by atoms with E-state index in [1.807, 2.05) is 0 Å². The van der Waals surface area contributed by atoms with Crippen LogP contribution in [0.2, 0.25) is 0 Å². The highest BCUT2D eigenvalue weighted by Gasteiger charge is 2.25. The lowest BCUT2D eigenvalue weighted by Gasteiger charge is -2.19. The first-order valence-corrected chi connectivity index (χ1v) is 8.04. The smallest absolute Gasteiger partial charge is 0.309 e. The highest BCUT2D eigenvalue weighted by molar-refractivity contribution is 5.70. The second-order valence-electron chi connectivity index (χ2n) is 5.56. The third-order valence-corrected chi connectivity index (χ3v) is 3.75. The zero-order chi connectivity index (χ0) is 14.5. The van der Waals surface area contributed by atoms with Crippen LogP contribution in [0.3, 0.4) is 0 Å². The molecule has 114 valence electrons. The fourth-order valence-electron chi connectivity index (χ4n) is 2.43. The van der Waals surface area contributed by atoms with Crippen molar-refractivity contribution in [2.45, 2.75) is 90.6 Å². The van der Waals surface area contributed by atoms with Crippen molar-refractivity contribution < 1.29 is 15.0 Å². The molecular formula is C16H32O3. The molecule has 0 aliphatic carbocycles. The fraction of sp³-hybridized carbons (Fsp3) is 0.938. The highest BCUT2D eigenvalue weighted by atomic mass is 16.4. The van der Waals surface area contributed by atoms with Crippen LogP contribution in [0.1, 0.15) is 84.5 Å². The van der Waals surface area contributed by atoms with Crippen LogP contribution >= 0.6 is 0 Å². The Morgan fingerprint density at radius 3 is 1.84 bits per heavy atom. The highest BCUT2D eigenvalue weighted by Crippen LogP contribution is 2.19. The van der Waals surface area contributed by atoms with Crippen LogP contribution < -0.4 is 0 Å². The number of aliphatic carboxylic acids is 1. The molecule has 0 spiro atoms. The minimum atomic E-state index is -0.836. The molecule has 3 heteroatoms. The Balaban J connectivity index is 3.84. The lowest BCUT2D eigenvalue weighted by molar-refractivity contribution is -0.146. The number of unbranched alkanes of at least 4 members (excludes halogenated alkanes) is 7. The van der Waals surface area contributed by atoms with Gasteiger partial charge in [-0.2, -0.15) is 0 Å². The first kappa shape index (κ1) is 18.4. The van der Waals surface area contributed by atoms with Gasteiger partial charge in [-0.3, -0.25) is 4.79 Å². The van der Waals surface area contributed by atoms with Crippen LogP contribution in [0.15, 0.2) is 0 Å². The van der Waals surface area contributed by atoms with E-state index in [0.717, 1.165) is 38.5 Å². The second-order valence-corrected chi connectivity index (χ2v) is 5.56. The summed E-state index contributed by atoms with van der Waals surface area (Å²) >= 11 is 0. The minimum Gasteiger partial charge on any atom is -0.481 e. The summed E-state index contributed by atoms with van der Waals surface area (Å²) in [5, 5.41) is 19.2. The van der Waals surface area contributed by atoms with E-state index in [1.165, 1.54) is 19.3 Å². The summed E-state index contributed by atoms with van der Waals surface area (Å²) in [6.07, 6.45) is 10.6. The van der Waals surface area contributed by atoms with Crippen LogP contribution in [0.25, 0.3) is 0 Å². The van der Waals surface area contributed by atoms with Gasteiger partial charge in [-0.25, -0.2) is 0 Å². The molecule has 0 aromatic heterocycles. The molecule has 0 aromatic carbocycles. The SMILES string of the molecule is CCCCCCCC(O)C(CCCCCC)C(=O)O. The maximum absolute atomic E-state index is 11.2. The average Bonchev–Trinajstić information content (AvgIpc) is 2.37. The number of aliphatic hydroxyl groups is 1. The van der Waals surface area contributed by atoms with E-state index in [2.05, 4.69) is 13.8 Å². The Bertz CT molecular complexity index is 216. The summed E-state index contributed by atoms with van der Waals surface area (Å²) in [5.74, 6) is -1.40. The lowest BCUT2D eigenvalue weighted by Crippen LogP contribution is -2.28. The van der Waals surface area contributed by atoms with Crippen LogP contribution in [0.5, 0.6) is 0 Å². The van der Waals surface area contributed by atoms with Gasteiger partial charge in [-0.1, -0.05) is 71.6 Å². The molecule has 19 heavy (non-hydrogen) atoms. The van der Waals surface area contributed by atoms with E-state index in [1.54, 1.807) is 0 Å². The molecule has 0 radical (unpaired) electrons. The van der Waals surface area contributed by atoms with Gasteiger partial charge >= 0.3 is 5.97 Å². The Morgan fingerprint density at radius 1 is 0.842 bits per heavy atom. The number of hydrogen-bond acceptors (Lipinski definition) is 2. The van der Waals surface area contributed by atoms with Crippen molar-refractivity contribution in [2.24, 2.45) is 5.92 Å². The molecule has 0 fully saturated rings. The Kier molecular flexibility index (Phi) is 12.1. The summed E-state index contributed by atoms with van der Waals surface area (Å²) in [4.78, 5) is 11.2. The van der Waals surface area contributed by atoms with E-state index >= 15 is 0 Å². The van der Waals surface area contributed by atoms with E-state index < -0.39 is 18.0 Å². The lowest BCUT2D eigenvalue weighted by atomic mass is 9.92. The van der Waals surface area contributed by atoms with E-state index in [0.29, 0.717) is 12.8 Å². The standard InChI is InChI=1S/C16H32O3/c1-3-5-7-9-11-13-15(17)14(16(18)19)12-10-8-6-4-2/h14-15,17H,3-13H2,1-2H3,(H,18,19). The van der Waals surface area contributed by atoms with Crippen LogP contribution in [0, 0.1) is 5.92 Å². The first-order chi connectivity index (χ1) is 9.13. The maximum atomic E-state index is 11.2. The zero-order valence-electron chi connectivity index (χ0n) is 12.7. The van der Waals surface area contributed by atoms with Gasteiger partial charge in [0.2, 0.25) is 0 Å². The third-order valence-electron chi connectivity index (χ3n) is 3.75. The van der Waals surface area contributed by atoms with E-state index in [-0.39, 0.29) is 0 Å². The number of carboxylic acid groups (broad SMARTS) is 1. The fourth-order valence-corrected chi connectivity index (χ4v) is 2.43. The monoisotopic (exact) mass is 272 g/mol. The zero-order valence-corrected chi connectivity index (χ0v) is 12.7. The molecule has 0 aliphatic heterocycles. The normalized spacial score (nSPS) is 14.3. The van der Waals surface area contributed by atoms with Gasteiger partial charge in [0.1, 0.15) is 0 Å². The third kappa shape index (κ3) is 9.94. The molecular weight excluding hydrogens is 240 g/mol. The summed E-state index contributed by atoms with van der Waals surface area (Å²) in [6, 6.07) is 0. The van der Waals surface area contributed by atoms with Gasteiger partial charge in [-0.05, 0) is 12.8 Å². The van der Waals surface area contributed by atoms with Gasteiger partial charge in [0.25, 0.3) is 0 Å². The summed E-state index contributed by atoms with van der Waals surface area (Å²) in [5.41, 5.74) is 0. The van der Waals surface area contributed by atoms with E-state index in [4.69, 9.17) is 0 Å². The molecule has 0 saturated carbocycles. The summed E-state index contributed by atoms with van der Waals surface area (Å²) < 4.78 is 0. The molecule has 0 rings (SSSR count).